The van der Waals surface area contributed by atoms with Gasteiger partial charge in [0.15, 0.2) is 0 Å². The van der Waals surface area contributed by atoms with E-state index in [1.807, 2.05) is 37.3 Å². The summed E-state index contributed by atoms with van der Waals surface area (Å²) in [7, 11) is 0. The second-order valence-corrected chi connectivity index (χ2v) is 10.4. The fourth-order valence-electron chi connectivity index (χ4n) is 4.54. The number of fused-ring (bicyclic) bond motifs is 3. The van der Waals surface area contributed by atoms with Crippen molar-refractivity contribution in [3.63, 3.8) is 0 Å². The van der Waals surface area contributed by atoms with Gasteiger partial charge in [0.25, 0.3) is 0 Å². The number of carboxylic acid groups (broad SMARTS) is 1. The Morgan fingerprint density at radius 2 is 2.00 bits per heavy atom. The van der Waals surface area contributed by atoms with Gasteiger partial charge in [0, 0.05) is 29.1 Å². The minimum absolute atomic E-state index is 0.0720. The Hall–Kier alpha value is -1.83. The first-order valence-corrected chi connectivity index (χ1v) is 11.8. The minimum atomic E-state index is -0.817. The second kappa shape index (κ2) is 9.43. The number of para-hydroxylation sites is 1. The highest BCUT2D eigenvalue weighted by molar-refractivity contribution is 6.42. The van der Waals surface area contributed by atoms with Gasteiger partial charge < -0.3 is 25.0 Å². The number of halogens is 2. The number of rotatable bonds is 10. The lowest BCUT2D eigenvalue weighted by Crippen LogP contribution is -2.46. The summed E-state index contributed by atoms with van der Waals surface area (Å²) in [5.41, 5.74) is 2.61. The van der Waals surface area contributed by atoms with Crippen LogP contribution in [0.3, 0.4) is 0 Å². The Bertz CT molecular complexity index is 1040. The van der Waals surface area contributed by atoms with Crippen molar-refractivity contribution in [1.82, 2.24) is 5.32 Å². The fraction of sp³-hybridized carbons (Fsp3) is 0.480. The number of hydrogen-bond donors (Lipinski definition) is 3. The van der Waals surface area contributed by atoms with Crippen molar-refractivity contribution < 1.29 is 24.5 Å². The van der Waals surface area contributed by atoms with Crippen LogP contribution >= 0.6 is 23.2 Å². The SMILES string of the molecule is C[C@@H](OC[C@H](O)CNC(C)(C)Cc1ccc(Cl)c(Cl)c1)c1cccc2c1O[C@@H]1[C@@H](C(=O)O)[C@H]21. The molecule has 1 heterocycles. The Morgan fingerprint density at radius 1 is 1.24 bits per heavy atom. The van der Waals surface area contributed by atoms with Crippen LogP contribution in [0.5, 0.6) is 5.75 Å². The molecule has 0 unspecified atom stereocenters. The van der Waals surface area contributed by atoms with Crippen LogP contribution in [0.4, 0.5) is 0 Å². The van der Waals surface area contributed by atoms with Crippen LogP contribution in [0, 0.1) is 5.92 Å². The molecule has 0 amide bonds. The van der Waals surface area contributed by atoms with Gasteiger partial charge in [0.1, 0.15) is 17.8 Å². The average Bonchev–Trinajstić information content (AvgIpc) is 3.35. The second-order valence-electron chi connectivity index (χ2n) is 9.56. The number of ether oxygens (including phenoxy) is 2. The number of nitrogens with one attached hydrogen (secondary N) is 1. The van der Waals surface area contributed by atoms with Crippen molar-refractivity contribution in [2.75, 3.05) is 13.2 Å². The predicted molar refractivity (Wildman–Crippen MR) is 127 cm³/mol. The highest BCUT2D eigenvalue weighted by Gasteiger charge is 2.63. The van der Waals surface area contributed by atoms with Crippen molar-refractivity contribution >= 4 is 29.2 Å². The Balaban J connectivity index is 1.27. The van der Waals surface area contributed by atoms with Crippen LogP contribution in [0.2, 0.25) is 10.0 Å². The summed E-state index contributed by atoms with van der Waals surface area (Å²) >= 11 is 12.1. The topological polar surface area (TPSA) is 88.0 Å². The lowest BCUT2D eigenvalue weighted by Gasteiger charge is -2.28. The van der Waals surface area contributed by atoms with E-state index in [9.17, 15) is 15.0 Å². The first-order valence-electron chi connectivity index (χ1n) is 11.1. The molecule has 1 aliphatic heterocycles. The molecule has 1 aliphatic carbocycles. The van der Waals surface area contributed by atoms with E-state index in [2.05, 4.69) is 19.2 Å². The number of aliphatic hydroxyl groups is 1. The number of β-amino-alcohol motifs (C(OH)–C–C–N with tert-alkyl or cyclic N) is 1. The van der Waals surface area contributed by atoms with E-state index in [0.29, 0.717) is 16.6 Å². The zero-order valence-corrected chi connectivity index (χ0v) is 20.4. The zero-order chi connectivity index (χ0) is 23.9. The normalized spacial score (nSPS) is 22.8. The van der Waals surface area contributed by atoms with Crippen molar-refractivity contribution in [3.05, 3.63) is 63.1 Å². The van der Waals surface area contributed by atoms with Gasteiger partial charge in [-0.1, -0.05) is 47.5 Å². The molecular formula is C25H29Cl2NO5. The summed E-state index contributed by atoms with van der Waals surface area (Å²) in [6, 6.07) is 11.3. The molecule has 0 spiro atoms. The van der Waals surface area contributed by atoms with Crippen molar-refractivity contribution in [2.24, 2.45) is 5.92 Å². The molecule has 2 aromatic carbocycles. The smallest absolute Gasteiger partial charge is 0.311 e. The molecule has 8 heteroatoms. The molecule has 6 nitrogen and oxygen atoms in total. The maximum Gasteiger partial charge on any atom is 0.311 e. The summed E-state index contributed by atoms with van der Waals surface area (Å²) in [4.78, 5) is 11.3. The summed E-state index contributed by atoms with van der Waals surface area (Å²) in [5, 5.41) is 24.2. The molecule has 0 saturated heterocycles. The number of carbonyl (C=O) groups is 1. The lowest BCUT2D eigenvalue weighted by atomic mass is 9.94. The largest absolute Gasteiger partial charge is 0.488 e. The third-order valence-electron chi connectivity index (χ3n) is 6.35. The van der Waals surface area contributed by atoms with E-state index in [1.165, 1.54) is 0 Å². The first-order chi connectivity index (χ1) is 15.6. The van der Waals surface area contributed by atoms with Crippen molar-refractivity contribution in [1.29, 1.82) is 0 Å². The standard InChI is InChI=1S/C25H29Cl2NO5/c1-13(16-5-4-6-17-20-21(24(30)31)23(20)33-22(16)17)32-12-15(29)11-28-25(2,3)10-14-7-8-18(26)19(27)9-14/h4-9,13,15,20-21,23,28-29H,10-12H2,1-3H3,(H,30,31)/t13-,15-,20+,21+,23+/m1/s1. The van der Waals surface area contributed by atoms with Gasteiger partial charge in [-0.05, 0) is 44.9 Å². The monoisotopic (exact) mass is 493 g/mol. The molecule has 0 aromatic heterocycles. The summed E-state index contributed by atoms with van der Waals surface area (Å²) in [6.45, 7) is 6.56. The Kier molecular flexibility index (Phi) is 6.95. The maximum atomic E-state index is 11.3. The Labute approximate surface area is 203 Å². The summed E-state index contributed by atoms with van der Waals surface area (Å²) in [5.74, 6) is -0.614. The van der Waals surface area contributed by atoms with E-state index in [1.54, 1.807) is 6.07 Å². The molecule has 3 N–H and O–H groups in total. The molecule has 1 fully saturated rings. The number of carboxylic acids is 1. The van der Waals surface area contributed by atoms with Gasteiger partial charge in [0.2, 0.25) is 0 Å². The molecule has 2 aliphatic rings. The number of aliphatic hydroxyl groups excluding tert-OH is 1. The van der Waals surface area contributed by atoms with Crippen LogP contribution in [0.1, 0.15) is 49.5 Å². The highest BCUT2D eigenvalue weighted by Crippen LogP contribution is 2.59. The van der Waals surface area contributed by atoms with E-state index in [-0.39, 0.29) is 30.3 Å². The first kappa shape index (κ1) is 24.3. The number of benzene rings is 2. The average molecular weight is 494 g/mol. The molecule has 1 saturated carbocycles. The third-order valence-corrected chi connectivity index (χ3v) is 7.09. The van der Waals surface area contributed by atoms with Crippen LogP contribution in [-0.2, 0) is 16.0 Å². The van der Waals surface area contributed by atoms with Gasteiger partial charge >= 0.3 is 5.97 Å². The third kappa shape index (κ3) is 5.31. The van der Waals surface area contributed by atoms with Gasteiger partial charge in [0.05, 0.1) is 28.9 Å². The van der Waals surface area contributed by atoms with E-state index >= 15 is 0 Å². The van der Waals surface area contributed by atoms with E-state index in [0.717, 1.165) is 28.9 Å². The van der Waals surface area contributed by atoms with Crippen molar-refractivity contribution in [3.8, 4) is 5.75 Å². The van der Waals surface area contributed by atoms with E-state index < -0.39 is 18.0 Å². The molecule has 0 radical (unpaired) electrons. The zero-order valence-electron chi connectivity index (χ0n) is 18.8. The van der Waals surface area contributed by atoms with Gasteiger partial charge in [-0.25, -0.2) is 0 Å². The molecule has 4 rings (SSSR count). The number of aliphatic carboxylic acids is 1. The molecule has 2 aromatic rings. The van der Waals surface area contributed by atoms with Gasteiger partial charge in [-0.3, -0.25) is 4.79 Å². The predicted octanol–water partition coefficient (Wildman–Crippen LogP) is 4.60. The maximum absolute atomic E-state index is 11.3. The van der Waals surface area contributed by atoms with Crippen LogP contribution < -0.4 is 10.1 Å². The molecule has 178 valence electrons. The molecule has 5 atom stereocenters. The van der Waals surface area contributed by atoms with Crippen molar-refractivity contribution in [2.45, 2.75) is 57.0 Å². The van der Waals surface area contributed by atoms with E-state index in [4.69, 9.17) is 32.7 Å². The van der Waals surface area contributed by atoms with Gasteiger partial charge in [-0.2, -0.15) is 0 Å². The lowest BCUT2D eigenvalue weighted by molar-refractivity contribution is -0.139. The molecular weight excluding hydrogens is 465 g/mol. The molecule has 0 bridgehead atoms. The number of hydrogen-bond acceptors (Lipinski definition) is 5. The highest BCUT2D eigenvalue weighted by atomic mass is 35.5. The Morgan fingerprint density at radius 3 is 2.70 bits per heavy atom. The minimum Gasteiger partial charge on any atom is -0.488 e. The molecule has 33 heavy (non-hydrogen) atoms. The van der Waals surface area contributed by atoms with Crippen LogP contribution in [0.15, 0.2) is 36.4 Å². The summed E-state index contributed by atoms with van der Waals surface area (Å²) in [6.07, 6.45) is -0.540. The van der Waals surface area contributed by atoms with Crippen LogP contribution in [-0.4, -0.2) is 47.1 Å². The quantitative estimate of drug-likeness (QED) is 0.448. The summed E-state index contributed by atoms with van der Waals surface area (Å²) < 4.78 is 11.9. The van der Waals surface area contributed by atoms with Crippen LogP contribution in [0.25, 0.3) is 0 Å². The fourth-order valence-corrected chi connectivity index (χ4v) is 4.86. The van der Waals surface area contributed by atoms with Gasteiger partial charge in [-0.15, -0.1) is 0 Å².